The third-order valence-corrected chi connectivity index (χ3v) is 7.04. The molecule has 5 heteroatoms. The Balaban J connectivity index is 1.38. The van der Waals surface area contributed by atoms with Crippen LogP contribution < -0.4 is 14.9 Å². The normalized spacial score (nSPS) is 13.4. The molecule has 0 saturated carbocycles. The fraction of sp³-hybridized carbons (Fsp3) is 0. The molecule has 2 aliphatic heterocycles. The summed E-state index contributed by atoms with van der Waals surface area (Å²) >= 11 is 0. The van der Waals surface area contributed by atoms with Crippen LogP contribution in [0, 0.1) is 0 Å². The first-order valence-corrected chi connectivity index (χ1v) is 11.5. The van der Waals surface area contributed by atoms with E-state index in [0.717, 1.165) is 39.5 Å². The van der Waals surface area contributed by atoms with Gasteiger partial charge in [-0.05, 0) is 47.9 Å². The first kappa shape index (κ1) is 18.0. The largest absolute Gasteiger partial charge is 0.536 e. The molecule has 4 nitrogen and oxygen atoms in total. The van der Waals surface area contributed by atoms with Crippen molar-refractivity contribution in [2.45, 2.75) is 0 Å². The molecule has 2 aromatic heterocycles. The van der Waals surface area contributed by atoms with E-state index in [1.807, 2.05) is 12.3 Å². The Bertz CT molecular complexity index is 1720. The van der Waals surface area contributed by atoms with Gasteiger partial charge in [0, 0.05) is 28.2 Å². The molecule has 0 amide bonds. The highest BCUT2D eigenvalue weighted by molar-refractivity contribution is 6.77. The van der Waals surface area contributed by atoms with Crippen molar-refractivity contribution >= 4 is 45.7 Å². The van der Waals surface area contributed by atoms with Crippen molar-refractivity contribution in [3.8, 4) is 22.7 Å². The van der Waals surface area contributed by atoms with Crippen LogP contribution in [0.4, 0.5) is 11.4 Å². The molecule has 0 aliphatic carbocycles. The van der Waals surface area contributed by atoms with Crippen LogP contribution >= 0.6 is 0 Å². The predicted octanol–water partition coefficient (Wildman–Crippen LogP) is 6.09. The molecular weight excluding hydrogens is 417 g/mol. The number of pyridine rings is 1. The average molecular weight is 435 g/mol. The van der Waals surface area contributed by atoms with Gasteiger partial charge in [-0.1, -0.05) is 60.7 Å². The maximum atomic E-state index is 6.53. The standard InChI is InChI=1S/C29H18BN3O/c1-4-11-23-22(10-1)29-26(14-7-17-31-29)33-27-18-19(15-16-28(27)34-30(23)33)32-24-12-5-2-8-20(24)21-9-3-6-13-25(21)32/h1-18H. The molecule has 0 fully saturated rings. The average Bonchev–Trinajstić information content (AvgIpc) is 3.45. The van der Waals surface area contributed by atoms with Crippen LogP contribution in [0.25, 0.3) is 38.8 Å². The van der Waals surface area contributed by atoms with Crippen molar-refractivity contribution in [1.29, 1.82) is 0 Å². The van der Waals surface area contributed by atoms with E-state index in [4.69, 9.17) is 9.64 Å². The number of fused-ring (bicyclic) bond motifs is 11. The van der Waals surface area contributed by atoms with E-state index in [1.54, 1.807) is 0 Å². The van der Waals surface area contributed by atoms with Gasteiger partial charge in [-0.3, -0.25) is 4.98 Å². The van der Waals surface area contributed by atoms with E-state index in [0.29, 0.717) is 0 Å². The van der Waals surface area contributed by atoms with Gasteiger partial charge in [-0.25, -0.2) is 0 Å². The van der Waals surface area contributed by atoms with E-state index >= 15 is 0 Å². The summed E-state index contributed by atoms with van der Waals surface area (Å²) < 4.78 is 8.88. The van der Waals surface area contributed by atoms with Crippen LogP contribution in [-0.4, -0.2) is 16.6 Å². The molecule has 4 heterocycles. The van der Waals surface area contributed by atoms with E-state index in [2.05, 4.69) is 106 Å². The molecule has 0 bridgehead atoms. The fourth-order valence-corrected chi connectivity index (χ4v) is 5.62. The molecule has 4 aromatic carbocycles. The lowest BCUT2D eigenvalue weighted by atomic mass is 9.66. The molecular formula is C29H18BN3O. The van der Waals surface area contributed by atoms with Crippen molar-refractivity contribution < 1.29 is 4.65 Å². The summed E-state index contributed by atoms with van der Waals surface area (Å²) in [5.41, 5.74) is 8.92. The number of aromatic nitrogens is 2. The van der Waals surface area contributed by atoms with Crippen molar-refractivity contribution in [2.75, 3.05) is 4.81 Å². The topological polar surface area (TPSA) is 30.3 Å². The molecule has 6 aromatic rings. The number of rotatable bonds is 1. The smallest absolute Gasteiger partial charge is 0.525 e. The number of anilines is 2. The molecule has 0 N–H and O–H groups in total. The van der Waals surface area contributed by atoms with Gasteiger partial charge in [0.15, 0.2) is 0 Å². The third kappa shape index (κ3) is 2.26. The SMILES string of the molecule is c1ccc2c(c1)B1Oc3ccc(-n4c5ccccc5c5ccccc54)cc3N1c1cccnc1-2. The van der Waals surface area contributed by atoms with Gasteiger partial charge < -0.3 is 14.0 Å². The third-order valence-electron chi connectivity index (χ3n) is 7.04. The molecule has 0 atom stereocenters. The molecule has 0 unspecified atom stereocenters. The molecule has 0 spiro atoms. The zero-order valence-electron chi connectivity index (χ0n) is 18.2. The van der Waals surface area contributed by atoms with Crippen LogP contribution in [0.5, 0.6) is 5.75 Å². The Hall–Kier alpha value is -4.51. The molecule has 34 heavy (non-hydrogen) atoms. The van der Waals surface area contributed by atoms with Crippen LogP contribution in [-0.2, 0) is 0 Å². The summed E-state index contributed by atoms with van der Waals surface area (Å²) in [6, 6.07) is 36.3. The maximum absolute atomic E-state index is 6.53. The highest BCUT2D eigenvalue weighted by atomic mass is 16.5. The van der Waals surface area contributed by atoms with Crippen molar-refractivity contribution in [3.05, 3.63) is 109 Å². The second kappa shape index (κ2) is 6.52. The van der Waals surface area contributed by atoms with E-state index in [-0.39, 0.29) is 7.05 Å². The number of nitrogens with zero attached hydrogens (tertiary/aromatic N) is 3. The van der Waals surface area contributed by atoms with Gasteiger partial charge in [0.05, 0.1) is 28.1 Å². The van der Waals surface area contributed by atoms with E-state index < -0.39 is 0 Å². The van der Waals surface area contributed by atoms with Crippen molar-refractivity contribution in [2.24, 2.45) is 0 Å². The van der Waals surface area contributed by atoms with Crippen molar-refractivity contribution in [1.82, 2.24) is 9.55 Å². The van der Waals surface area contributed by atoms with Gasteiger partial charge in [-0.15, -0.1) is 0 Å². The number of hydrogen-bond donors (Lipinski definition) is 0. The number of hydrogen-bond acceptors (Lipinski definition) is 3. The van der Waals surface area contributed by atoms with Gasteiger partial charge in [0.25, 0.3) is 0 Å². The summed E-state index contributed by atoms with van der Waals surface area (Å²) in [7, 11) is -0.198. The Morgan fingerprint density at radius 2 is 1.41 bits per heavy atom. The molecule has 8 rings (SSSR count). The van der Waals surface area contributed by atoms with Gasteiger partial charge in [0.2, 0.25) is 0 Å². The highest BCUT2D eigenvalue weighted by Crippen LogP contribution is 2.47. The Kier molecular flexibility index (Phi) is 3.45. The quantitative estimate of drug-likeness (QED) is 0.293. The minimum atomic E-state index is -0.198. The summed E-state index contributed by atoms with van der Waals surface area (Å²) in [6.45, 7) is 0. The molecule has 0 saturated heterocycles. The lowest BCUT2D eigenvalue weighted by molar-refractivity contribution is 0.603. The zero-order valence-corrected chi connectivity index (χ0v) is 18.2. The summed E-state index contributed by atoms with van der Waals surface area (Å²) in [5.74, 6) is 0.890. The van der Waals surface area contributed by atoms with Crippen LogP contribution in [0.15, 0.2) is 109 Å². The van der Waals surface area contributed by atoms with Crippen LogP contribution in [0.2, 0.25) is 0 Å². The fourth-order valence-electron chi connectivity index (χ4n) is 5.62. The Labute approximate surface area is 196 Å². The second-order valence-electron chi connectivity index (χ2n) is 8.82. The zero-order chi connectivity index (χ0) is 22.2. The lowest BCUT2D eigenvalue weighted by Gasteiger charge is -2.30. The van der Waals surface area contributed by atoms with Crippen LogP contribution in [0.3, 0.4) is 0 Å². The van der Waals surface area contributed by atoms with Gasteiger partial charge in [0.1, 0.15) is 5.75 Å². The Morgan fingerprint density at radius 3 is 2.24 bits per heavy atom. The highest BCUT2D eigenvalue weighted by Gasteiger charge is 2.45. The maximum Gasteiger partial charge on any atom is 0.525 e. The Morgan fingerprint density at radius 1 is 0.676 bits per heavy atom. The lowest BCUT2D eigenvalue weighted by Crippen LogP contribution is -2.50. The van der Waals surface area contributed by atoms with E-state index in [1.165, 1.54) is 21.8 Å². The number of para-hydroxylation sites is 2. The van der Waals surface area contributed by atoms with E-state index in [9.17, 15) is 0 Å². The minimum absolute atomic E-state index is 0.198. The minimum Gasteiger partial charge on any atom is -0.536 e. The van der Waals surface area contributed by atoms with Gasteiger partial charge >= 0.3 is 7.05 Å². The summed E-state index contributed by atoms with van der Waals surface area (Å²) in [6.07, 6.45) is 1.86. The predicted molar refractivity (Wildman–Crippen MR) is 139 cm³/mol. The monoisotopic (exact) mass is 435 g/mol. The first-order valence-electron chi connectivity index (χ1n) is 11.5. The molecule has 0 radical (unpaired) electrons. The first-order chi connectivity index (χ1) is 16.9. The van der Waals surface area contributed by atoms with Crippen LogP contribution in [0.1, 0.15) is 0 Å². The number of benzene rings is 4. The summed E-state index contributed by atoms with van der Waals surface area (Å²) in [5, 5.41) is 2.52. The summed E-state index contributed by atoms with van der Waals surface area (Å²) in [4.78, 5) is 7.03. The van der Waals surface area contributed by atoms with Gasteiger partial charge in [-0.2, -0.15) is 0 Å². The van der Waals surface area contributed by atoms with Crippen molar-refractivity contribution in [3.63, 3.8) is 0 Å². The molecule has 2 aliphatic rings. The second-order valence-corrected chi connectivity index (χ2v) is 8.82. The molecule has 158 valence electrons.